The average molecular weight is 331 g/mol. The molecule has 0 saturated carbocycles. The van der Waals surface area contributed by atoms with Gasteiger partial charge in [-0.3, -0.25) is 4.79 Å². The van der Waals surface area contributed by atoms with Gasteiger partial charge in [-0.25, -0.2) is 13.4 Å². The minimum absolute atomic E-state index is 0.0788. The number of benzene rings is 1. The number of anilines is 1. The van der Waals surface area contributed by atoms with Crippen LogP contribution in [0.4, 0.5) is 5.69 Å². The maximum absolute atomic E-state index is 12.0. The number of amides is 1. The van der Waals surface area contributed by atoms with Crippen LogP contribution in [0.1, 0.15) is 6.42 Å². The summed E-state index contributed by atoms with van der Waals surface area (Å²) >= 11 is 1.54. The first-order chi connectivity index (χ1) is 9.42. The summed E-state index contributed by atoms with van der Waals surface area (Å²) in [5, 5.41) is 0. The summed E-state index contributed by atoms with van der Waals surface area (Å²) in [5.41, 5.74) is 3.35. The van der Waals surface area contributed by atoms with E-state index in [-0.39, 0.29) is 24.0 Å². The Morgan fingerprint density at radius 3 is 3.00 bits per heavy atom. The maximum Gasteiger partial charge on any atom is 0.232 e. The molecule has 0 N–H and O–H groups in total. The van der Waals surface area contributed by atoms with Gasteiger partial charge in [-0.1, -0.05) is 0 Å². The molecule has 5 nitrogen and oxygen atoms in total. The van der Waals surface area contributed by atoms with E-state index < -0.39 is 9.05 Å². The molecule has 20 heavy (non-hydrogen) atoms. The zero-order chi connectivity index (χ0) is 14.3. The van der Waals surface area contributed by atoms with Crippen LogP contribution in [0.25, 0.3) is 10.2 Å². The highest BCUT2D eigenvalue weighted by atomic mass is 35.7. The first-order valence-electron chi connectivity index (χ1n) is 5.98. The normalized spacial score (nSPS) is 19.9. The van der Waals surface area contributed by atoms with E-state index in [2.05, 4.69) is 4.98 Å². The summed E-state index contributed by atoms with van der Waals surface area (Å²) < 4.78 is 23.3. The fourth-order valence-corrected chi connectivity index (χ4v) is 4.42. The number of thiazole rings is 1. The SMILES string of the molecule is O=C1CC(CS(=O)(=O)Cl)CN1c1ccc2scnc2c1. The lowest BCUT2D eigenvalue weighted by Crippen LogP contribution is -2.25. The molecule has 1 amide bonds. The number of carbonyl (C=O) groups is 1. The van der Waals surface area contributed by atoms with Crippen molar-refractivity contribution in [2.24, 2.45) is 5.92 Å². The highest BCUT2D eigenvalue weighted by Crippen LogP contribution is 2.29. The molecule has 0 radical (unpaired) electrons. The molecule has 1 aliphatic heterocycles. The van der Waals surface area contributed by atoms with E-state index in [0.29, 0.717) is 6.54 Å². The number of hydrogen-bond acceptors (Lipinski definition) is 5. The van der Waals surface area contributed by atoms with Gasteiger partial charge in [-0.05, 0) is 18.2 Å². The summed E-state index contributed by atoms with van der Waals surface area (Å²) in [4.78, 5) is 17.8. The van der Waals surface area contributed by atoms with Gasteiger partial charge in [0.05, 0.1) is 21.5 Å². The van der Waals surface area contributed by atoms with E-state index in [9.17, 15) is 13.2 Å². The first-order valence-corrected chi connectivity index (χ1v) is 9.34. The van der Waals surface area contributed by atoms with Crippen LogP contribution in [0.2, 0.25) is 0 Å². The molecule has 1 aromatic carbocycles. The molecular weight excluding hydrogens is 320 g/mol. The molecule has 3 rings (SSSR count). The third-order valence-electron chi connectivity index (χ3n) is 3.27. The number of rotatable bonds is 3. The van der Waals surface area contributed by atoms with Crippen LogP contribution >= 0.6 is 22.0 Å². The first kappa shape index (κ1) is 13.8. The second kappa shape index (κ2) is 4.98. The van der Waals surface area contributed by atoms with Gasteiger partial charge in [0.1, 0.15) is 0 Å². The van der Waals surface area contributed by atoms with E-state index in [1.165, 1.54) is 11.3 Å². The molecule has 1 unspecified atom stereocenters. The van der Waals surface area contributed by atoms with Gasteiger partial charge < -0.3 is 4.90 Å². The molecule has 1 aromatic heterocycles. The maximum atomic E-state index is 12.0. The predicted octanol–water partition coefficient (Wildman–Crippen LogP) is 2.22. The molecule has 0 spiro atoms. The van der Waals surface area contributed by atoms with E-state index in [4.69, 9.17) is 10.7 Å². The van der Waals surface area contributed by atoms with Gasteiger partial charge in [-0.15, -0.1) is 11.3 Å². The van der Waals surface area contributed by atoms with Crippen LogP contribution in [0.3, 0.4) is 0 Å². The quantitative estimate of drug-likeness (QED) is 0.809. The molecule has 1 saturated heterocycles. The standard InChI is InChI=1S/C12H11ClN2O3S2/c13-20(17,18)6-8-3-12(16)15(5-8)9-1-2-11-10(4-9)14-7-19-11/h1-2,4,7-8H,3,5-6H2. The van der Waals surface area contributed by atoms with Crippen molar-refractivity contribution in [2.45, 2.75) is 6.42 Å². The Morgan fingerprint density at radius 2 is 2.25 bits per heavy atom. The second-order valence-corrected chi connectivity index (χ2v) is 8.49. The van der Waals surface area contributed by atoms with Gasteiger partial charge in [0.25, 0.3) is 0 Å². The fourth-order valence-electron chi connectivity index (χ4n) is 2.44. The lowest BCUT2D eigenvalue weighted by molar-refractivity contribution is -0.117. The molecule has 1 aliphatic rings. The van der Waals surface area contributed by atoms with Gasteiger partial charge in [0, 0.05) is 35.3 Å². The van der Waals surface area contributed by atoms with Crippen molar-refractivity contribution in [1.29, 1.82) is 0 Å². The minimum atomic E-state index is -3.58. The fraction of sp³-hybridized carbons (Fsp3) is 0.333. The molecular formula is C12H11ClN2O3S2. The molecule has 1 fully saturated rings. The van der Waals surface area contributed by atoms with Crippen LogP contribution in [0.5, 0.6) is 0 Å². The van der Waals surface area contributed by atoms with E-state index in [1.54, 1.807) is 10.4 Å². The van der Waals surface area contributed by atoms with Crippen LogP contribution in [0, 0.1) is 5.92 Å². The van der Waals surface area contributed by atoms with Crippen molar-refractivity contribution in [3.63, 3.8) is 0 Å². The van der Waals surface area contributed by atoms with Crippen molar-refractivity contribution in [2.75, 3.05) is 17.2 Å². The zero-order valence-corrected chi connectivity index (χ0v) is 12.7. The van der Waals surface area contributed by atoms with Crippen molar-refractivity contribution in [1.82, 2.24) is 4.98 Å². The van der Waals surface area contributed by atoms with E-state index in [0.717, 1.165) is 15.9 Å². The summed E-state index contributed by atoms with van der Waals surface area (Å²) in [6.07, 6.45) is 0.209. The summed E-state index contributed by atoms with van der Waals surface area (Å²) in [7, 11) is 1.67. The van der Waals surface area contributed by atoms with E-state index in [1.807, 2.05) is 18.2 Å². The van der Waals surface area contributed by atoms with Crippen LogP contribution in [0.15, 0.2) is 23.7 Å². The zero-order valence-electron chi connectivity index (χ0n) is 10.3. The Balaban J connectivity index is 1.85. The third-order valence-corrected chi connectivity index (χ3v) is 5.32. The van der Waals surface area contributed by atoms with Crippen molar-refractivity contribution < 1.29 is 13.2 Å². The van der Waals surface area contributed by atoms with Crippen molar-refractivity contribution >= 4 is 52.9 Å². The molecule has 2 aromatic rings. The van der Waals surface area contributed by atoms with Crippen LogP contribution < -0.4 is 4.90 Å². The molecule has 2 heterocycles. The number of aromatic nitrogens is 1. The second-order valence-electron chi connectivity index (χ2n) is 4.78. The topological polar surface area (TPSA) is 67.3 Å². The Bertz CT molecular complexity index is 772. The number of halogens is 1. The molecule has 0 bridgehead atoms. The van der Waals surface area contributed by atoms with Crippen LogP contribution in [-0.4, -0.2) is 31.6 Å². The summed E-state index contributed by atoms with van der Waals surface area (Å²) in [5.74, 6) is -0.503. The smallest absolute Gasteiger partial charge is 0.232 e. The number of hydrogen-bond donors (Lipinski definition) is 0. The Kier molecular flexibility index (Phi) is 3.43. The minimum Gasteiger partial charge on any atom is -0.312 e. The van der Waals surface area contributed by atoms with E-state index >= 15 is 0 Å². The van der Waals surface area contributed by atoms with Crippen molar-refractivity contribution in [3.05, 3.63) is 23.7 Å². The lowest BCUT2D eigenvalue weighted by Gasteiger charge is -2.16. The molecule has 0 aliphatic carbocycles. The summed E-state index contributed by atoms with van der Waals surface area (Å²) in [6.45, 7) is 0.375. The van der Waals surface area contributed by atoms with Gasteiger partial charge in [0.15, 0.2) is 0 Å². The number of fused-ring (bicyclic) bond motifs is 1. The largest absolute Gasteiger partial charge is 0.312 e. The Morgan fingerprint density at radius 1 is 1.45 bits per heavy atom. The third kappa shape index (κ3) is 2.79. The van der Waals surface area contributed by atoms with Gasteiger partial charge in [0.2, 0.25) is 15.0 Å². The molecule has 1 atom stereocenters. The summed E-state index contributed by atoms with van der Waals surface area (Å²) in [6, 6.07) is 5.62. The molecule has 106 valence electrons. The monoisotopic (exact) mass is 330 g/mol. The predicted molar refractivity (Wildman–Crippen MR) is 79.7 cm³/mol. The van der Waals surface area contributed by atoms with Gasteiger partial charge in [-0.2, -0.15) is 0 Å². The Hall–Kier alpha value is -1.18. The number of carbonyl (C=O) groups excluding carboxylic acids is 1. The van der Waals surface area contributed by atoms with Crippen LogP contribution in [-0.2, 0) is 13.8 Å². The Labute approximate surface area is 124 Å². The molecule has 8 heteroatoms. The van der Waals surface area contributed by atoms with Gasteiger partial charge >= 0.3 is 0 Å². The lowest BCUT2D eigenvalue weighted by atomic mass is 10.1. The average Bonchev–Trinajstić information content (AvgIpc) is 2.92. The number of nitrogens with zero attached hydrogens (tertiary/aromatic N) is 2. The highest BCUT2D eigenvalue weighted by molar-refractivity contribution is 8.13. The van der Waals surface area contributed by atoms with Crippen molar-refractivity contribution in [3.8, 4) is 0 Å². The highest BCUT2D eigenvalue weighted by Gasteiger charge is 2.33.